The highest BCUT2D eigenvalue weighted by atomic mass is 16.3. The van der Waals surface area contributed by atoms with Crippen molar-refractivity contribution >= 4 is 0 Å². The van der Waals surface area contributed by atoms with E-state index in [-0.39, 0.29) is 0 Å². The summed E-state index contributed by atoms with van der Waals surface area (Å²) in [4.78, 5) is 0. The topological polar surface area (TPSA) is 25.2 Å². The van der Waals surface area contributed by atoms with Gasteiger partial charge in [0.25, 0.3) is 0 Å². The summed E-state index contributed by atoms with van der Waals surface area (Å²) in [6, 6.07) is 5.08. The molecule has 2 saturated carbocycles. The molecule has 0 unspecified atom stereocenters. The molecule has 0 aromatic carbocycles. The predicted molar refractivity (Wildman–Crippen MR) is 73.4 cm³/mol. The number of nitrogens with one attached hydrogen (secondary N) is 1. The lowest BCUT2D eigenvalue weighted by atomic mass is 9.71. The summed E-state index contributed by atoms with van der Waals surface area (Å²) in [7, 11) is 0. The second kappa shape index (κ2) is 5.08. The smallest absolute Gasteiger partial charge is 0.120 e. The van der Waals surface area contributed by atoms with E-state index in [1.165, 1.54) is 51.4 Å². The summed E-state index contributed by atoms with van der Waals surface area (Å²) in [6.07, 6.45) is 13.3. The number of furan rings is 1. The zero-order valence-electron chi connectivity index (χ0n) is 11.5. The lowest BCUT2D eigenvalue weighted by Crippen LogP contribution is -2.37. The quantitative estimate of drug-likeness (QED) is 0.854. The van der Waals surface area contributed by atoms with Crippen LogP contribution in [0.15, 0.2) is 22.8 Å². The molecule has 1 spiro atoms. The van der Waals surface area contributed by atoms with Gasteiger partial charge in [0.15, 0.2) is 0 Å². The molecule has 0 saturated heterocycles. The van der Waals surface area contributed by atoms with E-state index < -0.39 is 0 Å². The van der Waals surface area contributed by atoms with Crippen molar-refractivity contribution in [1.82, 2.24) is 5.32 Å². The van der Waals surface area contributed by atoms with E-state index in [0.717, 1.165) is 11.2 Å². The first-order valence-electron chi connectivity index (χ1n) is 7.57. The molecule has 2 fully saturated rings. The van der Waals surface area contributed by atoms with Crippen molar-refractivity contribution in [3.8, 4) is 0 Å². The summed E-state index contributed by atoms with van der Waals surface area (Å²) in [5, 5.41) is 3.73. The van der Waals surface area contributed by atoms with Crippen molar-refractivity contribution in [2.24, 2.45) is 5.41 Å². The second-order valence-corrected chi connectivity index (χ2v) is 6.39. The van der Waals surface area contributed by atoms with E-state index in [9.17, 15) is 0 Å². The van der Waals surface area contributed by atoms with Gasteiger partial charge in [-0.3, -0.25) is 0 Å². The Hall–Kier alpha value is -0.760. The Kier molecular flexibility index (Phi) is 3.47. The van der Waals surface area contributed by atoms with Crippen molar-refractivity contribution < 1.29 is 4.42 Å². The molecule has 1 heterocycles. The standard InChI is InChI=1S/C16H25NO/c1-13(15-5-4-12-18-15)17-14-6-10-16(11-7-14)8-2-3-9-16/h4-5,12-14,17H,2-3,6-11H2,1H3/t13-/m1/s1. The molecule has 0 amide bonds. The average molecular weight is 247 g/mol. The van der Waals surface area contributed by atoms with Crippen molar-refractivity contribution in [2.75, 3.05) is 0 Å². The summed E-state index contributed by atoms with van der Waals surface area (Å²) >= 11 is 0. The van der Waals surface area contributed by atoms with E-state index in [1.807, 2.05) is 6.07 Å². The van der Waals surface area contributed by atoms with Crippen LogP contribution >= 0.6 is 0 Å². The Morgan fingerprint density at radius 1 is 1.22 bits per heavy atom. The minimum absolute atomic E-state index is 0.350. The maximum Gasteiger partial charge on any atom is 0.120 e. The number of hydrogen-bond donors (Lipinski definition) is 1. The zero-order chi connectivity index (χ0) is 12.4. The molecule has 0 radical (unpaired) electrons. The van der Waals surface area contributed by atoms with E-state index in [0.29, 0.717) is 12.1 Å². The van der Waals surface area contributed by atoms with Gasteiger partial charge >= 0.3 is 0 Å². The molecule has 100 valence electrons. The molecule has 2 aliphatic carbocycles. The fourth-order valence-corrected chi connectivity index (χ4v) is 4.00. The van der Waals surface area contributed by atoms with Crippen LogP contribution in [0.5, 0.6) is 0 Å². The highest BCUT2D eigenvalue weighted by Crippen LogP contribution is 2.49. The van der Waals surface area contributed by atoms with E-state index in [2.05, 4.69) is 18.3 Å². The third kappa shape index (κ3) is 2.49. The molecular formula is C16H25NO. The highest BCUT2D eigenvalue weighted by Gasteiger charge is 2.37. The van der Waals surface area contributed by atoms with Crippen molar-refractivity contribution in [2.45, 2.75) is 70.4 Å². The van der Waals surface area contributed by atoms with E-state index in [1.54, 1.807) is 6.26 Å². The van der Waals surface area contributed by atoms with Gasteiger partial charge in [-0.15, -0.1) is 0 Å². The molecular weight excluding hydrogens is 222 g/mol. The fraction of sp³-hybridized carbons (Fsp3) is 0.750. The minimum Gasteiger partial charge on any atom is -0.468 e. The lowest BCUT2D eigenvalue weighted by Gasteiger charge is -2.38. The van der Waals surface area contributed by atoms with E-state index in [4.69, 9.17) is 4.42 Å². The summed E-state index contributed by atoms with van der Waals surface area (Å²) < 4.78 is 5.47. The van der Waals surface area contributed by atoms with Crippen molar-refractivity contribution in [3.63, 3.8) is 0 Å². The van der Waals surface area contributed by atoms with Crippen LogP contribution in [0.1, 0.15) is 70.1 Å². The Balaban J connectivity index is 1.51. The van der Waals surface area contributed by atoms with Gasteiger partial charge in [0, 0.05) is 6.04 Å². The predicted octanol–water partition coefficient (Wildman–Crippen LogP) is 4.43. The first kappa shape index (κ1) is 12.3. The molecule has 1 atom stereocenters. The Morgan fingerprint density at radius 3 is 2.56 bits per heavy atom. The Morgan fingerprint density at radius 2 is 1.94 bits per heavy atom. The van der Waals surface area contributed by atoms with Gasteiger partial charge in [-0.25, -0.2) is 0 Å². The number of hydrogen-bond acceptors (Lipinski definition) is 2. The summed E-state index contributed by atoms with van der Waals surface area (Å²) in [6.45, 7) is 2.21. The molecule has 0 bridgehead atoms. The summed E-state index contributed by atoms with van der Waals surface area (Å²) in [5.41, 5.74) is 0.742. The molecule has 1 aromatic rings. The highest BCUT2D eigenvalue weighted by molar-refractivity contribution is 5.04. The lowest BCUT2D eigenvalue weighted by molar-refractivity contribution is 0.162. The van der Waals surface area contributed by atoms with Gasteiger partial charge in [0.2, 0.25) is 0 Å². The van der Waals surface area contributed by atoms with Crippen LogP contribution in [0.25, 0.3) is 0 Å². The molecule has 2 nitrogen and oxygen atoms in total. The molecule has 18 heavy (non-hydrogen) atoms. The average Bonchev–Trinajstić information content (AvgIpc) is 3.04. The van der Waals surface area contributed by atoms with Gasteiger partial charge in [-0.05, 0) is 63.0 Å². The van der Waals surface area contributed by atoms with Crippen molar-refractivity contribution in [3.05, 3.63) is 24.2 Å². The first-order chi connectivity index (χ1) is 8.77. The van der Waals surface area contributed by atoms with Crippen LogP contribution in [0.4, 0.5) is 0 Å². The van der Waals surface area contributed by atoms with Crippen LogP contribution in [0, 0.1) is 5.41 Å². The first-order valence-corrected chi connectivity index (χ1v) is 7.57. The maximum absolute atomic E-state index is 5.47. The Bertz CT molecular complexity index is 354. The van der Waals surface area contributed by atoms with Crippen LogP contribution in [-0.4, -0.2) is 6.04 Å². The monoisotopic (exact) mass is 247 g/mol. The fourth-order valence-electron chi connectivity index (χ4n) is 4.00. The van der Waals surface area contributed by atoms with Crippen LogP contribution in [-0.2, 0) is 0 Å². The van der Waals surface area contributed by atoms with Gasteiger partial charge < -0.3 is 9.73 Å². The van der Waals surface area contributed by atoms with Crippen molar-refractivity contribution in [1.29, 1.82) is 0 Å². The van der Waals surface area contributed by atoms with Gasteiger partial charge in [-0.2, -0.15) is 0 Å². The molecule has 1 N–H and O–H groups in total. The molecule has 1 aromatic heterocycles. The minimum atomic E-state index is 0.350. The summed E-state index contributed by atoms with van der Waals surface area (Å²) in [5.74, 6) is 1.07. The van der Waals surface area contributed by atoms with E-state index >= 15 is 0 Å². The SMILES string of the molecule is C[C@@H](NC1CCC2(CCCC2)CC1)c1ccco1. The van der Waals surface area contributed by atoms with Crippen LogP contribution < -0.4 is 5.32 Å². The second-order valence-electron chi connectivity index (χ2n) is 6.39. The Labute approximate surface area is 110 Å². The normalized spacial score (nSPS) is 25.6. The molecule has 0 aliphatic heterocycles. The largest absolute Gasteiger partial charge is 0.468 e. The van der Waals surface area contributed by atoms with Crippen LogP contribution in [0.2, 0.25) is 0 Å². The molecule has 3 rings (SSSR count). The molecule has 2 heteroatoms. The third-order valence-corrected chi connectivity index (χ3v) is 5.17. The molecule has 2 aliphatic rings. The van der Waals surface area contributed by atoms with Gasteiger partial charge in [0.1, 0.15) is 5.76 Å². The van der Waals surface area contributed by atoms with Gasteiger partial charge in [0.05, 0.1) is 12.3 Å². The maximum atomic E-state index is 5.47. The number of rotatable bonds is 3. The zero-order valence-corrected chi connectivity index (χ0v) is 11.5. The van der Waals surface area contributed by atoms with Gasteiger partial charge in [-0.1, -0.05) is 12.8 Å². The third-order valence-electron chi connectivity index (χ3n) is 5.17. The van der Waals surface area contributed by atoms with Crippen LogP contribution in [0.3, 0.4) is 0 Å².